The first-order valence-electron chi connectivity index (χ1n) is 10.9. The average molecular weight is 462 g/mol. The van der Waals surface area contributed by atoms with Crippen molar-refractivity contribution in [3.05, 3.63) is 70.4 Å². The largest absolute Gasteiger partial charge is 0.338 e. The number of anilines is 1. The summed E-state index contributed by atoms with van der Waals surface area (Å²) in [6, 6.07) is 12.8. The SMILES string of the molecule is Cn1c(=O)n(C)c2cc(C(=O)N3CCC(C(=O)Nc4cc(-c5ccc(F)cc5)[nH]n4)C3)ccc21. The van der Waals surface area contributed by atoms with Gasteiger partial charge in [-0.05, 0) is 54.4 Å². The molecule has 2 aromatic carbocycles. The summed E-state index contributed by atoms with van der Waals surface area (Å²) in [5.41, 5.74) is 3.16. The first-order valence-corrected chi connectivity index (χ1v) is 10.9. The van der Waals surface area contributed by atoms with Gasteiger partial charge in [0.15, 0.2) is 5.82 Å². The number of nitrogens with one attached hydrogen (secondary N) is 2. The number of carbonyl (C=O) groups excluding carboxylic acids is 2. The number of aromatic nitrogens is 4. The highest BCUT2D eigenvalue weighted by molar-refractivity contribution is 5.99. The molecule has 0 radical (unpaired) electrons. The lowest BCUT2D eigenvalue weighted by Crippen LogP contribution is -2.31. The minimum Gasteiger partial charge on any atom is -0.338 e. The molecule has 4 aromatic rings. The monoisotopic (exact) mass is 462 g/mol. The zero-order valence-electron chi connectivity index (χ0n) is 18.7. The van der Waals surface area contributed by atoms with Crippen LogP contribution in [0.4, 0.5) is 10.2 Å². The van der Waals surface area contributed by atoms with Gasteiger partial charge in [-0.2, -0.15) is 5.10 Å². The number of benzene rings is 2. The summed E-state index contributed by atoms with van der Waals surface area (Å²) in [7, 11) is 3.36. The molecule has 0 spiro atoms. The van der Waals surface area contributed by atoms with Gasteiger partial charge in [0.1, 0.15) is 5.82 Å². The Morgan fingerprint density at radius 2 is 1.79 bits per heavy atom. The third-order valence-corrected chi connectivity index (χ3v) is 6.35. The van der Waals surface area contributed by atoms with Gasteiger partial charge >= 0.3 is 5.69 Å². The summed E-state index contributed by atoms with van der Waals surface area (Å²) in [5, 5.41) is 9.74. The second kappa shape index (κ2) is 8.29. The van der Waals surface area contributed by atoms with Crippen LogP contribution in [0.5, 0.6) is 0 Å². The number of aryl methyl sites for hydroxylation is 2. The summed E-state index contributed by atoms with van der Waals surface area (Å²) in [6.07, 6.45) is 0.541. The molecule has 2 N–H and O–H groups in total. The van der Waals surface area contributed by atoms with Crippen molar-refractivity contribution in [3.8, 4) is 11.3 Å². The maximum absolute atomic E-state index is 13.1. The van der Waals surface area contributed by atoms with Crippen LogP contribution < -0.4 is 11.0 Å². The van der Waals surface area contributed by atoms with E-state index in [1.165, 1.54) is 21.3 Å². The Morgan fingerprint density at radius 1 is 1.06 bits per heavy atom. The van der Waals surface area contributed by atoms with Gasteiger partial charge in [-0.3, -0.25) is 23.8 Å². The molecule has 0 saturated carbocycles. The number of imidazole rings is 1. The topological polar surface area (TPSA) is 105 Å². The van der Waals surface area contributed by atoms with E-state index in [4.69, 9.17) is 0 Å². The highest BCUT2D eigenvalue weighted by Gasteiger charge is 2.32. The average Bonchev–Trinajstić information content (AvgIpc) is 3.56. The normalized spacial score (nSPS) is 15.7. The van der Waals surface area contributed by atoms with Crippen LogP contribution in [0.2, 0.25) is 0 Å². The molecule has 174 valence electrons. The van der Waals surface area contributed by atoms with Gasteiger partial charge in [-0.15, -0.1) is 0 Å². The van der Waals surface area contributed by atoms with Gasteiger partial charge in [0.25, 0.3) is 5.91 Å². The Balaban J connectivity index is 1.25. The predicted octanol–water partition coefficient (Wildman–Crippen LogP) is 2.51. The maximum Gasteiger partial charge on any atom is 0.328 e. The lowest BCUT2D eigenvalue weighted by Gasteiger charge is -2.16. The smallest absolute Gasteiger partial charge is 0.328 e. The minimum atomic E-state index is -0.361. The number of aromatic amines is 1. The van der Waals surface area contributed by atoms with E-state index in [0.717, 1.165) is 11.1 Å². The molecule has 3 heterocycles. The number of carbonyl (C=O) groups is 2. The number of amides is 2. The van der Waals surface area contributed by atoms with Gasteiger partial charge in [-0.25, -0.2) is 9.18 Å². The van der Waals surface area contributed by atoms with Crippen LogP contribution in [0, 0.1) is 11.7 Å². The molecule has 1 saturated heterocycles. The van der Waals surface area contributed by atoms with E-state index >= 15 is 0 Å². The van der Waals surface area contributed by atoms with Crippen molar-refractivity contribution in [1.82, 2.24) is 24.2 Å². The molecule has 5 rings (SSSR count). The van der Waals surface area contributed by atoms with Gasteiger partial charge in [-0.1, -0.05) is 0 Å². The maximum atomic E-state index is 13.1. The van der Waals surface area contributed by atoms with E-state index in [2.05, 4.69) is 15.5 Å². The van der Waals surface area contributed by atoms with Crippen molar-refractivity contribution in [2.45, 2.75) is 6.42 Å². The van der Waals surface area contributed by atoms with Gasteiger partial charge in [0.2, 0.25) is 5.91 Å². The van der Waals surface area contributed by atoms with Crippen LogP contribution in [-0.4, -0.2) is 49.1 Å². The number of hydrogen-bond acceptors (Lipinski definition) is 4. The van der Waals surface area contributed by atoms with Gasteiger partial charge < -0.3 is 10.2 Å². The molecule has 0 aliphatic carbocycles. The lowest BCUT2D eigenvalue weighted by atomic mass is 10.1. The Kier molecular flexibility index (Phi) is 5.27. The molecule has 1 atom stereocenters. The summed E-state index contributed by atoms with van der Waals surface area (Å²) >= 11 is 0. The van der Waals surface area contributed by atoms with Crippen LogP contribution in [0.15, 0.2) is 53.3 Å². The molecule has 1 fully saturated rings. The number of likely N-dealkylation sites (tertiary alicyclic amines) is 1. The Hall–Kier alpha value is -4.21. The van der Waals surface area contributed by atoms with E-state index in [1.807, 2.05) is 0 Å². The number of nitrogens with zero attached hydrogens (tertiary/aromatic N) is 4. The zero-order valence-corrected chi connectivity index (χ0v) is 18.7. The third kappa shape index (κ3) is 3.76. The fourth-order valence-electron chi connectivity index (χ4n) is 4.37. The second-order valence-electron chi connectivity index (χ2n) is 8.50. The third-order valence-electron chi connectivity index (χ3n) is 6.35. The Bertz CT molecular complexity index is 1470. The Labute approximate surface area is 193 Å². The van der Waals surface area contributed by atoms with Crippen LogP contribution in [0.1, 0.15) is 16.8 Å². The van der Waals surface area contributed by atoms with E-state index in [0.29, 0.717) is 42.1 Å². The van der Waals surface area contributed by atoms with Crippen LogP contribution >= 0.6 is 0 Å². The first-order chi connectivity index (χ1) is 16.3. The molecule has 2 amide bonds. The van der Waals surface area contributed by atoms with Crippen molar-refractivity contribution in [1.29, 1.82) is 0 Å². The van der Waals surface area contributed by atoms with Gasteiger partial charge in [0, 0.05) is 38.8 Å². The standard InChI is InChI=1S/C24H23FN6O3/c1-29-19-8-5-15(11-20(19)30(2)24(29)34)23(33)31-10-9-16(13-31)22(32)26-21-12-18(27-28-21)14-3-6-17(25)7-4-14/h3-8,11-12,16H,9-10,13H2,1-2H3,(H2,26,27,28,32). The van der Waals surface area contributed by atoms with E-state index in [-0.39, 0.29) is 29.2 Å². The summed E-state index contributed by atoms with van der Waals surface area (Å²) in [4.78, 5) is 39.6. The van der Waals surface area contributed by atoms with Crippen molar-refractivity contribution in [2.24, 2.45) is 20.0 Å². The lowest BCUT2D eigenvalue weighted by molar-refractivity contribution is -0.119. The molecule has 0 bridgehead atoms. The first kappa shape index (κ1) is 21.6. The quantitative estimate of drug-likeness (QED) is 0.486. The molecule has 9 nitrogen and oxygen atoms in total. The fraction of sp³-hybridized carbons (Fsp3) is 0.250. The molecule has 1 aliphatic rings. The number of H-pyrrole nitrogens is 1. The Morgan fingerprint density at radius 3 is 2.56 bits per heavy atom. The highest BCUT2D eigenvalue weighted by atomic mass is 19.1. The van der Waals surface area contributed by atoms with Crippen molar-refractivity contribution in [3.63, 3.8) is 0 Å². The number of hydrogen-bond donors (Lipinski definition) is 2. The van der Waals surface area contributed by atoms with Crippen molar-refractivity contribution < 1.29 is 14.0 Å². The van der Waals surface area contributed by atoms with E-state index in [1.54, 1.807) is 55.4 Å². The van der Waals surface area contributed by atoms with E-state index in [9.17, 15) is 18.8 Å². The molecule has 1 unspecified atom stereocenters. The number of fused-ring (bicyclic) bond motifs is 1. The molecular weight excluding hydrogens is 439 g/mol. The molecular formula is C24H23FN6O3. The molecule has 1 aliphatic heterocycles. The van der Waals surface area contributed by atoms with Crippen LogP contribution in [0.3, 0.4) is 0 Å². The van der Waals surface area contributed by atoms with Crippen molar-refractivity contribution in [2.75, 3.05) is 18.4 Å². The zero-order chi connectivity index (χ0) is 24.0. The summed E-state index contributed by atoms with van der Waals surface area (Å²) < 4.78 is 16.2. The van der Waals surface area contributed by atoms with Crippen LogP contribution in [-0.2, 0) is 18.9 Å². The van der Waals surface area contributed by atoms with Gasteiger partial charge in [0.05, 0.1) is 22.6 Å². The predicted molar refractivity (Wildman–Crippen MR) is 125 cm³/mol. The number of halogens is 1. The van der Waals surface area contributed by atoms with E-state index < -0.39 is 0 Å². The second-order valence-corrected chi connectivity index (χ2v) is 8.50. The molecule has 2 aromatic heterocycles. The number of rotatable bonds is 4. The van der Waals surface area contributed by atoms with Crippen molar-refractivity contribution >= 4 is 28.7 Å². The molecule has 10 heteroatoms. The fourth-order valence-corrected chi connectivity index (χ4v) is 4.37. The minimum absolute atomic E-state index is 0.154. The highest BCUT2D eigenvalue weighted by Crippen LogP contribution is 2.24. The summed E-state index contributed by atoms with van der Waals surface area (Å²) in [5.74, 6) is -0.714. The van der Waals surface area contributed by atoms with Crippen LogP contribution in [0.25, 0.3) is 22.3 Å². The molecule has 34 heavy (non-hydrogen) atoms. The summed E-state index contributed by atoms with van der Waals surface area (Å²) in [6.45, 7) is 0.760.